The lowest BCUT2D eigenvalue weighted by molar-refractivity contribution is 0.598. The van der Waals surface area contributed by atoms with Crippen LogP contribution in [0.25, 0.3) is 27.8 Å². The molecule has 5 aromatic rings. The highest BCUT2D eigenvalue weighted by Gasteiger charge is 2.20. The monoisotopic (exact) mass is 464 g/mol. The first-order valence-corrected chi connectivity index (χ1v) is 11.5. The molecule has 0 saturated carbocycles. The second-order valence-electron chi connectivity index (χ2n) is 7.25. The molecule has 8 nitrogen and oxygen atoms in total. The van der Waals surface area contributed by atoms with Gasteiger partial charge in [0.2, 0.25) is 10.0 Å². The van der Waals surface area contributed by atoms with Crippen molar-refractivity contribution in [2.75, 3.05) is 11.9 Å². The topological polar surface area (TPSA) is 106 Å². The summed E-state index contributed by atoms with van der Waals surface area (Å²) in [5.41, 5.74) is 3.14. The first-order valence-electron chi connectivity index (χ1n) is 9.58. The molecule has 0 aliphatic rings. The first kappa shape index (κ1) is 20.4. The minimum Gasteiger partial charge on any atom is -0.328 e. The molecule has 0 aliphatic carbocycles. The molecule has 3 aromatic carbocycles. The summed E-state index contributed by atoms with van der Waals surface area (Å²) in [7, 11) is -2.09. The van der Waals surface area contributed by atoms with E-state index in [9.17, 15) is 8.42 Å². The molecule has 2 N–H and O–H groups in total. The molecule has 2 heterocycles. The Morgan fingerprint density at radius 1 is 1.03 bits per heavy atom. The van der Waals surface area contributed by atoms with Crippen molar-refractivity contribution < 1.29 is 8.42 Å². The molecular formula is C22H17ClN6O2S. The molecule has 160 valence electrons. The van der Waals surface area contributed by atoms with Gasteiger partial charge in [-0.25, -0.2) is 13.6 Å². The van der Waals surface area contributed by atoms with Gasteiger partial charge in [0.25, 0.3) is 5.78 Å². The SMILES string of the molecule is CN(c1cc(S(N)(=O)=O)ccc1-c1ccccc1)c1nc2nncn2c2cc(Cl)ccc12. The third-order valence-corrected chi connectivity index (χ3v) is 6.40. The highest BCUT2D eigenvalue weighted by molar-refractivity contribution is 7.89. The molecular weight excluding hydrogens is 448 g/mol. The number of nitrogens with zero attached hydrogens (tertiary/aromatic N) is 5. The number of anilines is 2. The Morgan fingerprint density at radius 3 is 2.56 bits per heavy atom. The fourth-order valence-electron chi connectivity index (χ4n) is 3.72. The van der Waals surface area contributed by atoms with Crippen molar-refractivity contribution in [1.82, 2.24) is 19.6 Å². The lowest BCUT2D eigenvalue weighted by Gasteiger charge is -2.24. The van der Waals surface area contributed by atoms with Crippen molar-refractivity contribution in [2.45, 2.75) is 4.90 Å². The number of hydrogen-bond acceptors (Lipinski definition) is 6. The summed E-state index contributed by atoms with van der Waals surface area (Å²) in [6.07, 6.45) is 1.57. The molecule has 0 spiro atoms. The largest absolute Gasteiger partial charge is 0.328 e. The van der Waals surface area contributed by atoms with Gasteiger partial charge < -0.3 is 4.90 Å². The number of halogens is 1. The fraction of sp³-hybridized carbons (Fsp3) is 0.0455. The molecule has 0 atom stereocenters. The van der Waals surface area contributed by atoms with Crippen molar-refractivity contribution in [3.8, 4) is 11.1 Å². The third-order valence-electron chi connectivity index (χ3n) is 5.26. The fourth-order valence-corrected chi connectivity index (χ4v) is 4.42. The van der Waals surface area contributed by atoms with E-state index in [1.54, 1.807) is 28.9 Å². The number of primary sulfonamides is 1. The van der Waals surface area contributed by atoms with Crippen molar-refractivity contribution in [3.05, 3.63) is 78.1 Å². The molecule has 0 fully saturated rings. The van der Waals surface area contributed by atoms with Crippen LogP contribution in [0.1, 0.15) is 0 Å². The summed E-state index contributed by atoms with van der Waals surface area (Å²) in [4.78, 5) is 6.52. The van der Waals surface area contributed by atoms with E-state index in [2.05, 4.69) is 15.2 Å². The van der Waals surface area contributed by atoms with Crippen LogP contribution in [0.2, 0.25) is 5.02 Å². The third kappa shape index (κ3) is 3.46. The average Bonchev–Trinajstić information content (AvgIpc) is 3.26. The number of benzene rings is 3. The maximum absolute atomic E-state index is 12.1. The van der Waals surface area contributed by atoms with E-state index in [4.69, 9.17) is 16.7 Å². The summed E-state index contributed by atoms with van der Waals surface area (Å²) in [5, 5.41) is 14.8. The van der Waals surface area contributed by atoms with E-state index in [0.29, 0.717) is 22.3 Å². The Balaban J connectivity index is 1.80. The number of rotatable bonds is 4. The molecule has 0 unspecified atom stereocenters. The minimum atomic E-state index is -3.90. The number of fused-ring (bicyclic) bond motifs is 3. The van der Waals surface area contributed by atoms with Crippen LogP contribution in [0.15, 0.2) is 78.0 Å². The molecule has 0 aliphatic heterocycles. The number of nitrogens with two attached hydrogens (primary N) is 1. The van der Waals surface area contributed by atoms with Gasteiger partial charge in [0.15, 0.2) is 0 Å². The zero-order chi connectivity index (χ0) is 22.5. The second-order valence-corrected chi connectivity index (χ2v) is 9.24. The van der Waals surface area contributed by atoms with E-state index in [1.165, 1.54) is 6.07 Å². The molecule has 32 heavy (non-hydrogen) atoms. The smallest absolute Gasteiger partial charge is 0.257 e. The Bertz CT molecular complexity index is 1580. The van der Waals surface area contributed by atoms with Gasteiger partial charge >= 0.3 is 0 Å². The average molecular weight is 465 g/mol. The van der Waals surface area contributed by atoms with E-state index in [0.717, 1.165) is 22.0 Å². The van der Waals surface area contributed by atoms with Gasteiger partial charge in [-0.1, -0.05) is 48.0 Å². The van der Waals surface area contributed by atoms with Crippen molar-refractivity contribution >= 4 is 49.8 Å². The van der Waals surface area contributed by atoms with Crippen LogP contribution in [-0.4, -0.2) is 35.0 Å². The molecule has 10 heteroatoms. The van der Waals surface area contributed by atoms with Crippen molar-refractivity contribution in [1.29, 1.82) is 0 Å². The summed E-state index contributed by atoms with van der Waals surface area (Å²) in [5.74, 6) is 0.964. The highest BCUT2D eigenvalue weighted by Crippen LogP contribution is 2.38. The molecule has 0 bridgehead atoms. The van der Waals surface area contributed by atoms with Crippen LogP contribution in [0, 0.1) is 0 Å². The Morgan fingerprint density at radius 2 is 1.81 bits per heavy atom. The summed E-state index contributed by atoms with van der Waals surface area (Å²) in [6, 6.07) is 19.9. The normalized spacial score (nSPS) is 11.8. The zero-order valence-corrected chi connectivity index (χ0v) is 18.4. The number of sulfonamides is 1. The zero-order valence-electron chi connectivity index (χ0n) is 16.8. The van der Waals surface area contributed by atoms with Crippen LogP contribution in [0.5, 0.6) is 0 Å². The number of aromatic nitrogens is 4. The van der Waals surface area contributed by atoms with Crippen LogP contribution < -0.4 is 10.0 Å². The minimum absolute atomic E-state index is 0.00920. The molecule has 5 rings (SSSR count). The lowest BCUT2D eigenvalue weighted by atomic mass is 10.0. The van der Waals surface area contributed by atoms with Gasteiger partial charge in [0, 0.05) is 23.0 Å². The highest BCUT2D eigenvalue weighted by atomic mass is 35.5. The Kier molecular flexibility index (Phi) is 4.81. The summed E-state index contributed by atoms with van der Waals surface area (Å²) >= 11 is 6.24. The van der Waals surface area contributed by atoms with Gasteiger partial charge in [-0.15, -0.1) is 10.2 Å². The standard InChI is InChI=1S/C22H17ClN6O2S/c1-28(21-18-9-7-15(23)11-20(18)29-13-25-27-22(29)26-21)19-12-16(32(24,30)31)8-10-17(19)14-5-3-2-4-6-14/h2-13H,1H3,(H2,24,30,31). The predicted molar refractivity (Wildman–Crippen MR) is 125 cm³/mol. The summed E-state index contributed by atoms with van der Waals surface area (Å²) in [6.45, 7) is 0. The van der Waals surface area contributed by atoms with Crippen molar-refractivity contribution in [3.63, 3.8) is 0 Å². The molecule has 0 saturated heterocycles. The maximum atomic E-state index is 12.1. The number of hydrogen-bond donors (Lipinski definition) is 1. The van der Waals surface area contributed by atoms with E-state index < -0.39 is 10.0 Å². The Hall–Kier alpha value is -3.53. The maximum Gasteiger partial charge on any atom is 0.257 e. The predicted octanol–water partition coefficient (Wildman–Crippen LogP) is 4.01. The Labute approximate surface area is 189 Å². The van der Waals surface area contributed by atoms with Crippen LogP contribution in [0.4, 0.5) is 11.5 Å². The first-order chi connectivity index (χ1) is 15.3. The lowest BCUT2D eigenvalue weighted by Crippen LogP contribution is -2.17. The van der Waals surface area contributed by atoms with E-state index in [-0.39, 0.29) is 4.90 Å². The van der Waals surface area contributed by atoms with Gasteiger partial charge in [0.05, 0.1) is 16.1 Å². The van der Waals surface area contributed by atoms with Gasteiger partial charge in [-0.2, -0.15) is 4.98 Å². The van der Waals surface area contributed by atoms with E-state index in [1.807, 2.05) is 54.4 Å². The summed E-state index contributed by atoms with van der Waals surface area (Å²) < 4.78 is 25.9. The van der Waals surface area contributed by atoms with Crippen molar-refractivity contribution in [2.24, 2.45) is 5.14 Å². The van der Waals surface area contributed by atoms with Gasteiger partial charge in [-0.3, -0.25) is 4.40 Å². The molecule has 0 radical (unpaired) electrons. The molecule has 2 aromatic heterocycles. The molecule has 0 amide bonds. The second kappa shape index (κ2) is 7.56. The van der Waals surface area contributed by atoms with E-state index >= 15 is 0 Å². The quantitative estimate of drug-likeness (QED) is 0.430. The van der Waals surface area contributed by atoms with Gasteiger partial charge in [-0.05, 0) is 35.9 Å². The van der Waals surface area contributed by atoms with Crippen LogP contribution >= 0.6 is 11.6 Å². The van der Waals surface area contributed by atoms with Crippen LogP contribution in [-0.2, 0) is 10.0 Å². The van der Waals surface area contributed by atoms with Gasteiger partial charge in [0.1, 0.15) is 12.1 Å². The van der Waals surface area contributed by atoms with Crippen LogP contribution in [0.3, 0.4) is 0 Å².